The van der Waals surface area contributed by atoms with Gasteiger partial charge < -0.3 is 10.2 Å². The Morgan fingerprint density at radius 2 is 2.04 bits per heavy atom. The van der Waals surface area contributed by atoms with Gasteiger partial charge in [0.1, 0.15) is 0 Å². The summed E-state index contributed by atoms with van der Waals surface area (Å²) in [5.41, 5.74) is 2.07. The molecule has 0 spiro atoms. The van der Waals surface area contributed by atoms with E-state index in [2.05, 4.69) is 10.3 Å². The molecule has 1 N–H and O–H groups in total. The number of rotatable bonds is 6. The molecule has 2 aromatic heterocycles. The Morgan fingerprint density at radius 3 is 2.58 bits per heavy atom. The minimum absolute atomic E-state index is 0.0552. The molecule has 0 aliphatic heterocycles. The van der Waals surface area contributed by atoms with Crippen molar-refractivity contribution in [1.29, 1.82) is 0 Å². The summed E-state index contributed by atoms with van der Waals surface area (Å²) in [5, 5.41) is 4.81. The number of amides is 2. The zero-order valence-electron chi connectivity index (χ0n) is 14.5. The highest BCUT2D eigenvalue weighted by Gasteiger charge is 2.20. The van der Waals surface area contributed by atoms with Gasteiger partial charge in [-0.05, 0) is 51.3 Å². The van der Waals surface area contributed by atoms with E-state index < -0.39 is 0 Å². The van der Waals surface area contributed by atoms with Crippen molar-refractivity contribution in [3.63, 3.8) is 0 Å². The van der Waals surface area contributed by atoms with Crippen LogP contribution in [0.25, 0.3) is 10.6 Å². The normalized spacial score (nSPS) is 10.7. The standard InChI is InChI=1S/C18H23N3O2S/c1-5-21(11-17(22)19-12(2)3)18(23)14-8-9-15(20-13(14)4)16-7-6-10-24-16/h6-10,12H,5,11H2,1-4H3,(H,19,22). The van der Waals surface area contributed by atoms with Crippen LogP contribution >= 0.6 is 11.3 Å². The second-order valence-corrected chi connectivity index (χ2v) is 6.80. The van der Waals surface area contributed by atoms with Crippen LogP contribution < -0.4 is 5.32 Å². The van der Waals surface area contributed by atoms with Crippen molar-refractivity contribution in [2.24, 2.45) is 0 Å². The number of carbonyl (C=O) groups excluding carboxylic acids is 2. The number of nitrogens with zero attached hydrogens (tertiary/aromatic N) is 2. The smallest absolute Gasteiger partial charge is 0.256 e. The molecule has 0 saturated carbocycles. The van der Waals surface area contributed by atoms with E-state index in [1.807, 2.05) is 51.3 Å². The number of nitrogens with one attached hydrogen (secondary N) is 1. The summed E-state index contributed by atoms with van der Waals surface area (Å²) in [4.78, 5) is 31.8. The Morgan fingerprint density at radius 1 is 1.29 bits per heavy atom. The van der Waals surface area contributed by atoms with Crippen molar-refractivity contribution in [2.75, 3.05) is 13.1 Å². The lowest BCUT2D eigenvalue weighted by Crippen LogP contribution is -2.42. The lowest BCUT2D eigenvalue weighted by molar-refractivity contribution is -0.122. The maximum atomic E-state index is 12.7. The molecule has 0 radical (unpaired) electrons. The summed E-state index contributed by atoms with van der Waals surface area (Å²) in [6, 6.07) is 7.68. The van der Waals surface area contributed by atoms with Crippen molar-refractivity contribution in [1.82, 2.24) is 15.2 Å². The number of carbonyl (C=O) groups is 2. The molecular formula is C18H23N3O2S. The first-order valence-corrected chi connectivity index (χ1v) is 8.90. The largest absolute Gasteiger partial charge is 0.352 e. The molecule has 2 rings (SSSR count). The highest BCUT2D eigenvalue weighted by molar-refractivity contribution is 7.13. The number of thiophene rings is 1. The maximum Gasteiger partial charge on any atom is 0.256 e. The number of aromatic nitrogens is 1. The Labute approximate surface area is 146 Å². The van der Waals surface area contributed by atoms with Crippen LogP contribution in [0.3, 0.4) is 0 Å². The molecule has 0 atom stereocenters. The van der Waals surface area contributed by atoms with Crippen molar-refractivity contribution in [3.05, 3.63) is 40.9 Å². The first-order valence-electron chi connectivity index (χ1n) is 8.02. The Hall–Kier alpha value is -2.21. The van der Waals surface area contributed by atoms with Gasteiger partial charge >= 0.3 is 0 Å². The van der Waals surface area contributed by atoms with Gasteiger partial charge in [0.05, 0.1) is 28.4 Å². The van der Waals surface area contributed by atoms with Gasteiger partial charge in [0, 0.05) is 12.6 Å². The number of hydrogen-bond acceptors (Lipinski definition) is 4. The molecule has 2 heterocycles. The van der Waals surface area contributed by atoms with Gasteiger partial charge in [-0.15, -0.1) is 11.3 Å². The van der Waals surface area contributed by atoms with E-state index >= 15 is 0 Å². The highest BCUT2D eigenvalue weighted by atomic mass is 32.1. The van der Waals surface area contributed by atoms with Gasteiger partial charge in [0.2, 0.25) is 5.91 Å². The molecule has 0 aromatic carbocycles. The first kappa shape index (κ1) is 18.1. The Kier molecular flexibility index (Phi) is 6.09. The maximum absolute atomic E-state index is 12.7. The number of hydrogen-bond donors (Lipinski definition) is 1. The predicted octanol–water partition coefficient (Wildman–Crippen LogP) is 3.11. The van der Waals surface area contributed by atoms with Crippen molar-refractivity contribution in [3.8, 4) is 10.6 Å². The fraction of sp³-hybridized carbons (Fsp3) is 0.389. The average Bonchev–Trinajstić information content (AvgIpc) is 3.05. The Bertz CT molecular complexity index is 711. The third-order valence-electron chi connectivity index (χ3n) is 3.54. The summed E-state index contributed by atoms with van der Waals surface area (Å²) in [7, 11) is 0. The summed E-state index contributed by atoms with van der Waals surface area (Å²) >= 11 is 1.61. The van der Waals surface area contributed by atoms with E-state index in [-0.39, 0.29) is 24.4 Å². The lowest BCUT2D eigenvalue weighted by atomic mass is 10.1. The van der Waals surface area contributed by atoms with E-state index in [0.717, 1.165) is 10.6 Å². The molecule has 128 valence electrons. The van der Waals surface area contributed by atoms with Crippen LogP contribution in [0, 0.1) is 6.92 Å². The van der Waals surface area contributed by atoms with E-state index in [0.29, 0.717) is 17.8 Å². The molecule has 5 nitrogen and oxygen atoms in total. The van der Waals surface area contributed by atoms with Crippen molar-refractivity contribution in [2.45, 2.75) is 33.7 Å². The molecule has 0 saturated heterocycles. The van der Waals surface area contributed by atoms with Crippen LogP contribution in [0.2, 0.25) is 0 Å². The quantitative estimate of drug-likeness (QED) is 0.875. The number of likely N-dealkylation sites (N-methyl/N-ethyl adjacent to an activating group) is 1. The summed E-state index contributed by atoms with van der Waals surface area (Å²) < 4.78 is 0. The number of aryl methyl sites for hydroxylation is 1. The van der Waals surface area contributed by atoms with Gasteiger partial charge in [-0.3, -0.25) is 14.6 Å². The third kappa shape index (κ3) is 4.41. The molecule has 0 unspecified atom stereocenters. The molecular weight excluding hydrogens is 322 g/mol. The topological polar surface area (TPSA) is 62.3 Å². The first-order chi connectivity index (χ1) is 11.4. The van der Waals surface area contributed by atoms with Gasteiger partial charge in [-0.1, -0.05) is 6.07 Å². The Balaban J connectivity index is 2.17. The second kappa shape index (κ2) is 8.06. The lowest BCUT2D eigenvalue weighted by Gasteiger charge is -2.22. The second-order valence-electron chi connectivity index (χ2n) is 5.85. The van der Waals surface area contributed by atoms with Gasteiger partial charge in [-0.2, -0.15) is 0 Å². The van der Waals surface area contributed by atoms with E-state index in [9.17, 15) is 9.59 Å². The third-order valence-corrected chi connectivity index (χ3v) is 4.44. The minimum Gasteiger partial charge on any atom is -0.352 e. The van der Waals surface area contributed by atoms with Crippen LogP contribution in [0.1, 0.15) is 36.8 Å². The highest BCUT2D eigenvalue weighted by Crippen LogP contribution is 2.24. The molecule has 0 fully saturated rings. The molecule has 0 bridgehead atoms. The zero-order chi connectivity index (χ0) is 17.7. The van der Waals surface area contributed by atoms with Crippen LogP contribution in [0.15, 0.2) is 29.6 Å². The fourth-order valence-corrected chi connectivity index (χ4v) is 3.08. The van der Waals surface area contributed by atoms with Crippen LogP contribution in [-0.2, 0) is 4.79 Å². The number of pyridine rings is 1. The molecule has 24 heavy (non-hydrogen) atoms. The summed E-state index contributed by atoms with van der Waals surface area (Å²) in [6.07, 6.45) is 0. The average molecular weight is 345 g/mol. The van der Waals surface area contributed by atoms with Crippen LogP contribution in [0.4, 0.5) is 0 Å². The molecule has 0 aliphatic carbocycles. The summed E-state index contributed by atoms with van der Waals surface area (Å²) in [5.74, 6) is -0.319. The summed E-state index contributed by atoms with van der Waals surface area (Å²) in [6.45, 7) is 8.01. The van der Waals surface area contributed by atoms with Crippen molar-refractivity contribution < 1.29 is 9.59 Å². The molecule has 2 aromatic rings. The monoisotopic (exact) mass is 345 g/mol. The van der Waals surface area contributed by atoms with Gasteiger partial charge in [0.15, 0.2) is 0 Å². The SMILES string of the molecule is CCN(CC(=O)NC(C)C)C(=O)c1ccc(-c2cccs2)nc1C. The van der Waals surface area contributed by atoms with E-state index in [1.54, 1.807) is 17.4 Å². The van der Waals surface area contributed by atoms with Gasteiger partial charge in [-0.25, -0.2) is 0 Å². The zero-order valence-corrected chi connectivity index (χ0v) is 15.3. The van der Waals surface area contributed by atoms with E-state index in [1.165, 1.54) is 4.90 Å². The fourth-order valence-electron chi connectivity index (χ4n) is 2.39. The molecule has 6 heteroatoms. The van der Waals surface area contributed by atoms with Crippen molar-refractivity contribution >= 4 is 23.2 Å². The van der Waals surface area contributed by atoms with Crippen LogP contribution in [-0.4, -0.2) is 40.8 Å². The molecule has 0 aliphatic rings. The van der Waals surface area contributed by atoms with Gasteiger partial charge in [0.25, 0.3) is 5.91 Å². The predicted molar refractivity (Wildman–Crippen MR) is 97.1 cm³/mol. The minimum atomic E-state index is -0.167. The van der Waals surface area contributed by atoms with Crippen LogP contribution in [0.5, 0.6) is 0 Å². The van der Waals surface area contributed by atoms with E-state index in [4.69, 9.17) is 0 Å². The molecule has 2 amide bonds.